The minimum Gasteiger partial charge on any atom is -0.278 e. The van der Waals surface area contributed by atoms with Crippen molar-refractivity contribution in [2.24, 2.45) is 0 Å². The third-order valence-electron chi connectivity index (χ3n) is 2.79. The summed E-state index contributed by atoms with van der Waals surface area (Å²) in [6.45, 7) is 3.88. The molecule has 102 valence electrons. The van der Waals surface area contributed by atoms with Crippen LogP contribution in [0.5, 0.6) is 0 Å². The normalized spacial score (nSPS) is 11.5. The summed E-state index contributed by atoms with van der Waals surface area (Å²) in [6, 6.07) is 8.83. The minimum absolute atomic E-state index is 0.225. The monoisotopic (exact) mass is 315 g/mol. The van der Waals surface area contributed by atoms with Crippen LogP contribution in [0, 0.1) is 6.92 Å². The average Bonchev–Trinajstić information content (AvgIpc) is 2.79. The third kappa shape index (κ3) is 3.11. The van der Waals surface area contributed by atoms with Gasteiger partial charge in [-0.15, -0.1) is 11.3 Å². The van der Waals surface area contributed by atoms with Crippen molar-refractivity contribution >= 4 is 38.6 Å². The van der Waals surface area contributed by atoms with Crippen LogP contribution in [0.2, 0.25) is 4.34 Å². The van der Waals surface area contributed by atoms with Crippen molar-refractivity contribution in [3.05, 3.63) is 45.8 Å². The molecule has 0 fully saturated rings. The summed E-state index contributed by atoms with van der Waals surface area (Å²) in [6.07, 6.45) is 0.769. The Hall–Kier alpha value is -1.04. The fourth-order valence-electron chi connectivity index (χ4n) is 1.80. The molecule has 0 radical (unpaired) electrons. The van der Waals surface area contributed by atoms with E-state index < -0.39 is 10.0 Å². The summed E-state index contributed by atoms with van der Waals surface area (Å²) >= 11 is 6.83. The molecule has 1 heterocycles. The van der Waals surface area contributed by atoms with Crippen LogP contribution in [-0.2, 0) is 16.4 Å². The lowest BCUT2D eigenvalue weighted by atomic mass is 10.1. The summed E-state index contributed by atoms with van der Waals surface area (Å²) < 4.78 is 27.9. The first kappa shape index (κ1) is 14.4. The van der Waals surface area contributed by atoms with Crippen molar-refractivity contribution in [3.8, 4) is 0 Å². The number of sulfonamides is 1. The van der Waals surface area contributed by atoms with Crippen LogP contribution in [0.4, 0.5) is 5.69 Å². The summed E-state index contributed by atoms with van der Waals surface area (Å²) in [5.41, 5.74) is 2.55. The Balaban J connectivity index is 2.41. The molecule has 1 N–H and O–H groups in total. The quantitative estimate of drug-likeness (QED) is 0.924. The van der Waals surface area contributed by atoms with Crippen LogP contribution in [-0.4, -0.2) is 8.42 Å². The first-order chi connectivity index (χ1) is 8.94. The van der Waals surface area contributed by atoms with E-state index in [4.69, 9.17) is 11.6 Å². The number of benzene rings is 1. The van der Waals surface area contributed by atoms with Gasteiger partial charge in [-0.3, -0.25) is 4.72 Å². The van der Waals surface area contributed by atoms with Crippen LogP contribution in [0.1, 0.15) is 18.1 Å². The van der Waals surface area contributed by atoms with Gasteiger partial charge >= 0.3 is 0 Å². The number of thiophene rings is 1. The van der Waals surface area contributed by atoms with Crippen molar-refractivity contribution in [1.82, 2.24) is 0 Å². The molecule has 6 heteroatoms. The molecule has 0 aliphatic heterocycles. The Labute approximate surface area is 122 Å². The van der Waals surface area contributed by atoms with Gasteiger partial charge in [-0.2, -0.15) is 0 Å². The van der Waals surface area contributed by atoms with Gasteiger partial charge in [-0.05, 0) is 36.6 Å². The highest BCUT2D eigenvalue weighted by Crippen LogP contribution is 2.29. The SMILES string of the molecule is CCc1cccc(C)c1NS(=O)(=O)c1ccc(Cl)s1. The van der Waals surface area contributed by atoms with E-state index >= 15 is 0 Å². The lowest BCUT2D eigenvalue weighted by Gasteiger charge is -2.13. The first-order valence-corrected chi connectivity index (χ1v) is 8.48. The number of halogens is 1. The number of para-hydroxylation sites is 1. The van der Waals surface area contributed by atoms with Crippen LogP contribution in [0.25, 0.3) is 0 Å². The van der Waals surface area contributed by atoms with Crippen LogP contribution in [0.3, 0.4) is 0 Å². The van der Waals surface area contributed by atoms with E-state index in [-0.39, 0.29) is 4.21 Å². The van der Waals surface area contributed by atoms with Crippen LogP contribution in [0.15, 0.2) is 34.5 Å². The average molecular weight is 316 g/mol. The predicted octanol–water partition coefficient (Wildman–Crippen LogP) is 4.07. The Kier molecular flexibility index (Phi) is 4.18. The topological polar surface area (TPSA) is 46.2 Å². The fraction of sp³-hybridized carbons (Fsp3) is 0.231. The van der Waals surface area contributed by atoms with Crippen molar-refractivity contribution in [1.29, 1.82) is 0 Å². The molecule has 0 saturated heterocycles. The fourth-order valence-corrected chi connectivity index (χ4v) is 4.45. The number of rotatable bonds is 4. The molecule has 0 amide bonds. The highest BCUT2D eigenvalue weighted by atomic mass is 35.5. The highest BCUT2D eigenvalue weighted by molar-refractivity contribution is 7.94. The van der Waals surface area contributed by atoms with E-state index in [2.05, 4.69) is 4.72 Å². The maximum atomic E-state index is 12.3. The van der Waals surface area contributed by atoms with E-state index in [1.165, 1.54) is 6.07 Å². The van der Waals surface area contributed by atoms with Gasteiger partial charge in [-0.25, -0.2) is 8.42 Å². The lowest BCUT2D eigenvalue weighted by molar-refractivity contribution is 0.603. The van der Waals surface area contributed by atoms with Gasteiger partial charge in [0.25, 0.3) is 10.0 Å². The van der Waals surface area contributed by atoms with Gasteiger partial charge in [-0.1, -0.05) is 36.7 Å². The summed E-state index contributed by atoms with van der Waals surface area (Å²) in [4.78, 5) is 0. The molecule has 0 spiro atoms. The molecule has 0 aliphatic carbocycles. The second kappa shape index (κ2) is 5.53. The Morgan fingerprint density at radius 3 is 2.58 bits per heavy atom. The number of hydrogen-bond acceptors (Lipinski definition) is 3. The zero-order valence-corrected chi connectivity index (χ0v) is 13.0. The Bertz CT molecular complexity index is 692. The second-order valence-corrected chi connectivity index (χ2v) is 7.75. The number of aryl methyl sites for hydroxylation is 2. The van der Waals surface area contributed by atoms with Crippen molar-refractivity contribution < 1.29 is 8.42 Å². The van der Waals surface area contributed by atoms with Gasteiger partial charge in [0, 0.05) is 0 Å². The molecule has 0 aliphatic rings. The molecule has 1 aromatic heterocycles. The highest BCUT2D eigenvalue weighted by Gasteiger charge is 2.18. The molecule has 0 bridgehead atoms. The van der Waals surface area contributed by atoms with E-state index in [9.17, 15) is 8.42 Å². The molecule has 0 unspecified atom stereocenters. The molecule has 2 aromatic rings. The molecule has 19 heavy (non-hydrogen) atoms. The second-order valence-electron chi connectivity index (χ2n) is 4.13. The van der Waals surface area contributed by atoms with Gasteiger partial charge in [0.1, 0.15) is 4.21 Å². The van der Waals surface area contributed by atoms with Gasteiger partial charge in [0.2, 0.25) is 0 Å². The first-order valence-electron chi connectivity index (χ1n) is 5.80. The minimum atomic E-state index is -3.56. The smallest absolute Gasteiger partial charge is 0.271 e. The van der Waals surface area contributed by atoms with Gasteiger partial charge in [0.05, 0.1) is 10.0 Å². The molecular formula is C13H14ClNO2S2. The molecule has 0 atom stereocenters. The summed E-state index contributed by atoms with van der Waals surface area (Å²) in [5.74, 6) is 0. The van der Waals surface area contributed by atoms with E-state index in [0.29, 0.717) is 10.0 Å². The largest absolute Gasteiger partial charge is 0.278 e. The Morgan fingerprint density at radius 1 is 1.26 bits per heavy atom. The molecule has 1 aromatic carbocycles. The van der Waals surface area contributed by atoms with E-state index in [1.807, 2.05) is 32.0 Å². The number of nitrogens with one attached hydrogen (secondary N) is 1. The van der Waals surface area contributed by atoms with E-state index in [0.717, 1.165) is 28.9 Å². The van der Waals surface area contributed by atoms with Crippen molar-refractivity contribution in [2.75, 3.05) is 4.72 Å². The zero-order valence-electron chi connectivity index (χ0n) is 10.6. The third-order valence-corrected chi connectivity index (χ3v) is 5.86. The summed E-state index contributed by atoms with van der Waals surface area (Å²) in [5, 5.41) is 0. The standard InChI is InChI=1S/C13H14ClNO2S2/c1-3-10-6-4-5-9(2)13(10)15-19(16,17)12-8-7-11(14)18-12/h4-8,15H,3H2,1-2H3. The maximum Gasteiger partial charge on any atom is 0.271 e. The van der Waals surface area contributed by atoms with Crippen molar-refractivity contribution in [3.63, 3.8) is 0 Å². The van der Waals surface area contributed by atoms with Crippen molar-refractivity contribution in [2.45, 2.75) is 24.5 Å². The number of anilines is 1. The zero-order chi connectivity index (χ0) is 14.0. The van der Waals surface area contributed by atoms with Crippen LogP contribution < -0.4 is 4.72 Å². The van der Waals surface area contributed by atoms with E-state index in [1.54, 1.807) is 6.07 Å². The molecule has 3 nitrogen and oxygen atoms in total. The van der Waals surface area contributed by atoms with Crippen LogP contribution >= 0.6 is 22.9 Å². The Morgan fingerprint density at radius 2 is 2.00 bits per heavy atom. The van der Waals surface area contributed by atoms with Gasteiger partial charge in [0.15, 0.2) is 0 Å². The molecule has 0 saturated carbocycles. The molecule has 2 rings (SSSR count). The lowest BCUT2D eigenvalue weighted by Crippen LogP contribution is -2.13. The number of hydrogen-bond donors (Lipinski definition) is 1. The molecular weight excluding hydrogens is 302 g/mol. The van der Waals surface area contributed by atoms with Gasteiger partial charge < -0.3 is 0 Å². The predicted molar refractivity (Wildman–Crippen MR) is 80.7 cm³/mol. The summed E-state index contributed by atoms with van der Waals surface area (Å²) in [7, 11) is -3.56. The maximum absolute atomic E-state index is 12.3.